The molecule has 0 saturated carbocycles. The highest BCUT2D eigenvalue weighted by Gasteiger charge is 2.13. The molecule has 1 aromatic rings. The van der Waals surface area contributed by atoms with E-state index in [1.54, 1.807) is 6.33 Å². The van der Waals surface area contributed by atoms with Gasteiger partial charge in [-0.1, -0.05) is 6.08 Å². The molecular formula is C11H16N4. The third-order valence-corrected chi connectivity index (χ3v) is 2.66. The Morgan fingerprint density at radius 3 is 3.07 bits per heavy atom. The number of rotatable bonds is 0. The fraction of sp³-hybridized carbons (Fsp3) is 0.455. The number of aromatic nitrogens is 2. The lowest BCUT2D eigenvalue weighted by atomic mass is 10.1. The summed E-state index contributed by atoms with van der Waals surface area (Å²) in [5, 5.41) is 0. The number of aliphatic imine (C=N–C) groups is 1. The molecule has 0 radical (unpaired) electrons. The van der Waals surface area contributed by atoms with Crippen molar-refractivity contribution in [3.63, 3.8) is 0 Å². The van der Waals surface area contributed by atoms with E-state index in [0.29, 0.717) is 5.84 Å². The second-order valence-corrected chi connectivity index (χ2v) is 3.89. The van der Waals surface area contributed by atoms with Crippen molar-refractivity contribution in [2.45, 2.75) is 26.2 Å². The van der Waals surface area contributed by atoms with Crippen LogP contribution >= 0.6 is 0 Å². The molecule has 0 aromatic carbocycles. The summed E-state index contributed by atoms with van der Waals surface area (Å²) in [4.78, 5) is 8.63. The van der Waals surface area contributed by atoms with Gasteiger partial charge in [0, 0.05) is 18.4 Å². The molecule has 0 saturated heterocycles. The smallest absolute Gasteiger partial charge is 0.151 e. The molecule has 4 heteroatoms. The van der Waals surface area contributed by atoms with Crippen LogP contribution in [-0.4, -0.2) is 15.4 Å². The first-order valence-corrected chi connectivity index (χ1v) is 5.20. The Labute approximate surface area is 89.5 Å². The SMILES string of the molecule is CC1=CCCCc2c(ncn2C)C(N)=N1. The second kappa shape index (κ2) is 3.88. The highest BCUT2D eigenvalue weighted by Crippen LogP contribution is 2.14. The number of nitrogens with zero attached hydrogens (tertiary/aromatic N) is 3. The molecular weight excluding hydrogens is 188 g/mol. The molecule has 0 atom stereocenters. The van der Waals surface area contributed by atoms with Crippen molar-refractivity contribution in [1.82, 2.24) is 9.55 Å². The predicted octanol–water partition coefficient (Wildman–Crippen LogP) is 1.37. The summed E-state index contributed by atoms with van der Waals surface area (Å²) in [7, 11) is 2.00. The number of fused-ring (bicyclic) bond motifs is 1. The fourth-order valence-electron chi connectivity index (χ4n) is 1.83. The van der Waals surface area contributed by atoms with Crippen molar-refractivity contribution in [2.24, 2.45) is 17.8 Å². The van der Waals surface area contributed by atoms with Gasteiger partial charge >= 0.3 is 0 Å². The van der Waals surface area contributed by atoms with E-state index < -0.39 is 0 Å². The van der Waals surface area contributed by atoms with E-state index >= 15 is 0 Å². The summed E-state index contributed by atoms with van der Waals surface area (Å²) in [6, 6.07) is 0. The Morgan fingerprint density at radius 2 is 2.27 bits per heavy atom. The third-order valence-electron chi connectivity index (χ3n) is 2.66. The van der Waals surface area contributed by atoms with Gasteiger partial charge in [-0.15, -0.1) is 0 Å². The summed E-state index contributed by atoms with van der Waals surface area (Å²) >= 11 is 0. The molecule has 1 aliphatic rings. The first-order chi connectivity index (χ1) is 7.18. The Kier molecular flexibility index (Phi) is 2.58. The molecule has 0 fully saturated rings. The molecule has 2 N–H and O–H groups in total. The van der Waals surface area contributed by atoms with Crippen molar-refractivity contribution >= 4 is 5.84 Å². The van der Waals surface area contributed by atoms with Gasteiger partial charge < -0.3 is 10.3 Å². The molecule has 4 nitrogen and oxygen atoms in total. The molecule has 0 spiro atoms. The maximum Gasteiger partial charge on any atom is 0.151 e. The average molecular weight is 204 g/mol. The zero-order valence-electron chi connectivity index (χ0n) is 9.20. The van der Waals surface area contributed by atoms with Crippen molar-refractivity contribution in [3.05, 3.63) is 29.5 Å². The molecule has 80 valence electrons. The molecule has 1 aromatic heterocycles. The lowest BCUT2D eigenvalue weighted by molar-refractivity contribution is 0.754. The van der Waals surface area contributed by atoms with E-state index in [2.05, 4.69) is 16.1 Å². The highest BCUT2D eigenvalue weighted by molar-refractivity contribution is 5.97. The van der Waals surface area contributed by atoms with Crippen LogP contribution in [0.3, 0.4) is 0 Å². The van der Waals surface area contributed by atoms with Crippen molar-refractivity contribution in [1.29, 1.82) is 0 Å². The first-order valence-electron chi connectivity index (χ1n) is 5.20. The monoisotopic (exact) mass is 204 g/mol. The number of allylic oxidation sites excluding steroid dienone is 2. The molecule has 2 rings (SSSR count). The lowest BCUT2D eigenvalue weighted by Gasteiger charge is -2.03. The fourth-order valence-corrected chi connectivity index (χ4v) is 1.83. The van der Waals surface area contributed by atoms with Gasteiger partial charge in [-0.05, 0) is 26.2 Å². The molecule has 0 aliphatic carbocycles. The zero-order chi connectivity index (χ0) is 10.8. The van der Waals surface area contributed by atoms with E-state index in [9.17, 15) is 0 Å². The minimum atomic E-state index is 0.529. The number of nitrogens with two attached hydrogens (primary N) is 1. The molecule has 0 unspecified atom stereocenters. The van der Waals surface area contributed by atoms with E-state index in [4.69, 9.17) is 5.73 Å². The van der Waals surface area contributed by atoms with Crippen LogP contribution in [0, 0.1) is 0 Å². The Hall–Kier alpha value is -1.58. The minimum Gasteiger partial charge on any atom is -0.382 e. The number of amidine groups is 1. The predicted molar refractivity (Wildman–Crippen MR) is 60.6 cm³/mol. The topological polar surface area (TPSA) is 56.2 Å². The molecule has 15 heavy (non-hydrogen) atoms. The van der Waals surface area contributed by atoms with Crippen LogP contribution in [0.15, 0.2) is 23.1 Å². The summed E-state index contributed by atoms with van der Waals surface area (Å²) in [6.07, 6.45) is 7.10. The van der Waals surface area contributed by atoms with Gasteiger partial charge in [0.05, 0.1) is 6.33 Å². The number of imidazole rings is 1. The van der Waals surface area contributed by atoms with Gasteiger partial charge in [-0.3, -0.25) is 0 Å². The largest absolute Gasteiger partial charge is 0.382 e. The minimum absolute atomic E-state index is 0.529. The molecule has 0 bridgehead atoms. The standard InChI is InChI=1S/C11H16N4/c1-8-5-3-4-6-9-10(11(12)14-8)13-7-15(9)2/h5,7H,3-4,6H2,1-2H3,(H2,12,14). The third kappa shape index (κ3) is 1.93. The van der Waals surface area contributed by atoms with Gasteiger partial charge in [-0.25, -0.2) is 9.98 Å². The molecule has 2 heterocycles. The summed E-state index contributed by atoms with van der Waals surface area (Å²) in [6.45, 7) is 1.97. The maximum atomic E-state index is 5.92. The van der Waals surface area contributed by atoms with Crippen LogP contribution in [0.1, 0.15) is 31.2 Å². The van der Waals surface area contributed by atoms with Crippen molar-refractivity contribution in [2.75, 3.05) is 0 Å². The van der Waals surface area contributed by atoms with E-state index in [1.165, 1.54) is 5.69 Å². The number of aryl methyl sites for hydroxylation is 1. The van der Waals surface area contributed by atoms with Crippen molar-refractivity contribution in [3.8, 4) is 0 Å². The van der Waals surface area contributed by atoms with Crippen LogP contribution in [0.5, 0.6) is 0 Å². The van der Waals surface area contributed by atoms with E-state index in [0.717, 1.165) is 30.7 Å². The Bertz CT molecular complexity index is 426. The van der Waals surface area contributed by atoms with Crippen LogP contribution in [0.4, 0.5) is 0 Å². The quantitative estimate of drug-likeness (QED) is 0.693. The second-order valence-electron chi connectivity index (χ2n) is 3.89. The lowest BCUT2D eigenvalue weighted by Crippen LogP contribution is -2.16. The van der Waals surface area contributed by atoms with Crippen LogP contribution in [0.25, 0.3) is 0 Å². The average Bonchev–Trinajstić information content (AvgIpc) is 2.56. The van der Waals surface area contributed by atoms with Crippen LogP contribution in [0.2, 0.25) is 0 Å². The molecule has 0 amide bonds. The van der Waals surface area contributed by atoms with Crippen LogP contribution in [-0.2, 0) is 13.5 Å². The zero-order valence-corrected chi connectivity index (χ0v) is 9.20. The van der Waals surface area contributed by atoms with Crippen LogP contribution < -0.4 is 5.73 Å². The summed E-state index contributed by atoms with van der Waals surface area (Å²) in [5.74, 6) is 0.529. The van der Waals surface area contributed by atoms with E-state index in [1.807, 2.05) is 18.5 Å². The number of hydrogen-bond acceptors (Lipinski definition) is 3. The number of hydrogen-bond donors (Lipinski definition) is 1. The van der Waals surface area contributed by atoms with Crippen molar-refractivity contribution < 1.29 is 0 Å². The van der Waals surface area contributed by atoms with E-state index in [-0.39, 0.29) is 0 Å². The van der Waals surface area contributed by atoms with Gasteiger partial charge in [0.25, 0.3) is 0 Å². The van der Waals surface area contributed by atoms with Gasteiger partial charge in [0.15, 0.2) is 5.84 Å². The summed E-state index contributed by atoms with van der Waals surface area (Å²) < 4.78 is 2.03. The van der Waals surface area contributed by atoms with Gasteiger partial charge in [0.1, 0.15) is 5.69 Å². The first kappa shape index (κ1) is 9.96. The summed E-state index contributed by atoms with van der Waals surface area (Å²) in [5.41, 5.74) is 8.92. The Morgan fingerprint density at radius 1 is 1.47 bits per heavy atom. The normalized spacial score (nSPS) is 16.9. The van der Waals surface area contributed by atoms with Gasteiger partial charge in [0.2, 0.25) is 0 Å². The maximum absolute atomic E-state index is 5.92. The Balaban J connectivity index is 2.49. The van der Waals surface area contributed by atoms with Gasteiger partial charge in [-0.2, -0.15) is 0 Å². The highest BCUT2D eigenvalue weighted by atomic mass is 15.1. The molecule has 1 aliphatic heterocycles.